The molecule has 1 saturated heterocycles. The molecular weight excluding hydrogens is 292 g/mol. The Morgan fingerprint density at radius 1 is 0.870 bits per heavy atom. The van der Waals surface area contributed by atoms with Crippen molar-refractivity contribution in [3.8, 4) is 0 Å². The van der Waals surface area contributed by atoms with Crippen LogP contribution in [0.1, 0.15) is 44.9 Å². The summed E-state index contributed by atoms with van der Waals surface area (Å²) < 4.78 is 0. The Balaban J connectivity index is 1.33. The van der Waals surface area contributed by atoms with E-state index in [0.29, 0.717) is 38.8 Å². The molecule has 0 atom stereocenters. The number of rotatable bonds is 5. The largest absolute Gasteiger partial charge is 0.338 e. The zero-order valence-electron chi connectivity index (χ0n) is 14.1. The molecule has 2 saturated carbocycles. The Kier molecular flexibility index (Phi) is 5.75. The zero-order chi connectivity index (χ0) is 16.1. The predicted octanol–water partition coefficient (Wildman–Crippen LogP) is 1.17. The Bertz CT molecular complexity index is 411. The second-order valence-corrected chi connectivity index (χ2v) is 7.23. The molecule has 6 heteroatoms. The highest BCUT2D eigenvalue weighted by molar-refractivity contribution is 5.79. The predicted molar refractivity (Wildman–Crippen MR) is 89.2 cm³/mol. The van der Waals surface area contributed by atoms with Crippen LogP contribution in [0.4, 0.5) is 4.79 Å². The van der Waals surface area contributed by atoms with Gasteiger partial charge in [0.15, 0.2) is 0 Å². The fraction of sp³-hybridized carbons (Fsp3) is 0.882. The number of piperazine rings is 1. The second-order valence-electron chi connectivity index (χ2n) is 7.23. The van der Waals surface area contributed by atoms with Crippen LogP contribution in [0.15, 0.2) is 0 Å². The third-order valence-corrected chi connectivity index (χ3v) is 5.26. The molecule has 3 rings (SSSR count). The summed E-state index contributed by atoms with van der Waals surface area (Å²) in [6.45, 7) is 4.00. The molecule has 1 aliphatic heterocycles. The average Bonchev–Trinajstić information content (AvgIpc) is 3.40. The van der Waals surface area contributed by atoms with Gasteiger partial charge >= 0.3 is 6.03 Å². The van der Waals surface area contributed by atoms with Crippen LogP contribution in [0.25, 0.3) is 0 Å². The Hall–Kier alpha value is -1.30. The fourth-order valence-corrected chi connectivity index (χ4v) is 3.49. The van der Waals surface area contributed by atoms with Gasteiger partial charge in [-0.15, -0.1) is 0 Å². The van der Waals surface area contributed by atoms with Gasteiger partial charge in [-0.3, -0.25) is 4.79 Å². The number of nitrogens with one attached hydrogen (secondary N) is 2. The van der Waals surface area contributed by atoms with Crippen LogP contribution in [-0.2, 0) is 4.79 Å². The summed E-state index contributed by atoms with van der Waals surface area (Å²) in [6.07, 6.45) is 8.56. The van der Waals surface area contributed by atoms with Crippen molar-refractivity contribution in [3.05, 3.63) is 0 Å². The number of hydrogen-bond donors (Lipinski definition) is 2. The summed E-state index contributed by atoms with van der Waals surface area (Å²) in [5.74, 6) is 0.959. The van der Waals surface area contributed by atoms with E-state index in [1.165, 1.54) is 32.1 Å². The maximum atomic E-state index is 12.3. The molecule has 23 heavy (non-hydrogen) atoms. The van der Waals surface area contributed by atoms with E-state index >= 15 is 0 Å². The minimum absolute atomic E-state index is 0.0517. The molecule has 0 aromatic carbocycles. The van der Waals surface area contributed by atoms with E-state index < -0.39 is 0 Å². The molecule has 0 aromatic heterocycles. The highest BCUT2D eigenvalue weighted by atomic mass is 16.2. The van der Waals surface area contributed by atoms with Crippen molar-refractivity contribution in [2.24, 2.45) is 5.92 Å². The fourth-order valence-electron chi connectivity index (χ4n) is 3.49. The lowest BCUT2D eigenvalue weighted by atomic mass is 9.96. The highest BCUT2D eigenvalue weighted by Crippen LogP contribution is 2.27. The van der Waals surface area contributed by atoms with Crippen LogP contribution >= 0.6 is 0 Å². The van der Waals surface area contributed by atoms with E-state index in [-0.39, 0.29) is 11.9 Å². The van der Waals surface area contributed by atoms with Crippen molar-refractivity contribution in [1.29, 1.82) is 0 Å². The first-order chi connectivity index (χ1) is 11.2. The summed E-state index contributed by atoms with van der Waals surface area (Å²) in [5, 5.41) is 6.41. The standard InChI is InChI=1S/C17H30N4O2/c22-16(13-18-12-14-6-7-14)20-8-10-21(11-9-20)17(23)19-15-4-2-1-3-5-15/h14-15,18H,1-13H2,(H,19,23). The van der Waals surface area contributed by atoms with Crippen LogP contribution in [0, 0.1) is 5.92 Å². The van der Waals surface area contributed by atoms with Crippen LogP contribution in [-0.4, -0.2) is 67.0 Å². The van der Waals surface area contributed by atoms with Gasteiger partial charge in [0.1, 0.15) is 0 Å². The van der Waals surface area contributed by atoms with Crippen molar-refractivity contribution in [2.75, 3.05) is 39.3 Å². The normalized spacial score (nSPS) is 23.0. The summed E-state index contributed by atoms with van der Waals surface area (Å²) in [6, 6.07) is 0.401. The van der Waals surface area contributed by atoms with E-state index in [1.807, 2.05) is 9.80 Å². The van der Waals surface area contributed by atoms with Gasteiger partial charge in [0, 0.05) is 32.2 Å². The summed E-state index contributed by atoms with van der Waals surface area (Å²) in [4.78, 5) is 28.2. The first kappa shape index (κ1) is 16.6. The molecule has 0 bridgehead atoms. The van der Waals surface area contributed by atoms with E-state index in [2.05, 4.69) is 10.6 Å². The first-order valence-corrected chi connectivity index (χ1v) is 9.26. The molecule has 0 aromatic rings. The third kappa shape index (κ3) is 5.09. The second kappa shape index (κ2) is 7.99. The minimum Gasteiger partial charge on any atom is -0.338 e. The first-order valence-electron chi connectivity index (χ1n) is 9.26. The molecule has 130 valence electrons. The lowest BCUT2D eigenvalue weighted by Crippen LogP contribution is -2.55. The molecular formula is C17H30N4O2. The van der Waals surface area contributed by atoms with E-state index in [0.717, 1.165) is 25.3 Å². The molecule has 0 radical (unpaired) electrons. The van der Waals surface area contributed by atoms with Crippen molar-refractivity contribution in [2.45, 2.75) is 51.0 Å². The third-order valence-electron chi connectivity index (χ3n) is 5.26. The van der Waals surface area contributed by atoms with Gasteiger partial charge in [0.05, 0.1) is 6.54 Å². The molecule has 6 nitrogen and oxygen atoms in total. The van der Waals surface area contributed by atoms with Gasteiger partial charge in [-0.1, -0.05) is 19.3 Å². The Morgan fingerprint density at radius 2 is 1.52 bits per heavy atom. The topological polar surface area (TPSA) is 64.7 Å². The molecule has 2 aliphatic carbocycles. The molecule has 3 aliphatic rings. The Labute approximate surface area is 139 Å². The SMILES string of the molecule is O=C(CNCC1CC1)N1CCN(C(=O)NC2CCCCC2)CC1. The van der Waals surface area contributed by atoms with Crippen LogP contribution in [0.2, 0.25) is 0 Å². The van der Waals surface area contributed by atoms with Gasteiger partial charge in [0.2, 0.25) is 5.91 Å². The van der Waals surface area contributed by atoms with Crippen molar-refractivity contribution in [1.82, 2.24) is 20.4 Å². The summed E-state index contributed by atoms with van der Waals surface area (Å²) in [5.41, 5.74) is 0. The van der Waals surface area contributed by atoms with Gasteiger partial charge < -0.3 is 20.4 Å². The molecule has 0 spiro atoms. The van der Waals surface area contributed by atoms with Gasteiger partial charge in [-0.2, -0.15) is 0 Å². The molecule has 0 unspecified atom stereocenters. The zero-order valence-corrected chi connectivity index (χ0v) is 14.1. The number of hydrogen-bond acceptors (Lipinski definition) is 3. The lowest BCUT2D eigenvalue weighted by molar-refractivity contribution is -0.131. The monoisotopic (exact) mass is 322 g/mol. The summed E-state index contributed by atoms with van der Waals surface area (Å²) in [7, 11) is 0. The van der Waals surface area contributed by atoms with E-state index in [9.17, 15) is 9.59 Å². The smallest absolute Gasteiger partial charge is 0.317 e. The molecule has 1 heterocycles. The lowest BCUT2D eigenvalue weighted by Gasteiger charge is -2.36. The molecule has 3 amide bonds. The van der Waals surface area contributed by atoms with Crippen molar-refractivity contribution < 1.29 is 9.59 Å². The number of amides is 3. The van der Waals surface area contributed by atoms with Gasteiger partial charge in [-0.25, -0.2) is 4.79 Å². The van der Waals surface area contributed by atoms with Crippen molar-refractivity contribution in [3.63, 3.8) is 0 Å². The van der Waals surface area contributed by atoms with Gasteiger partial charge in [0.25, 0.3) is 0 Å². The number of nitrogens with zero attached hydrogens (tertiary/aromatic N) is 2. The maximum Gasteiger partial charge on any atom is 0.317 e. The summed E-state index contributed by atoms with van der Waals surface area (Å²) >= 11 is 0. The van der Waals surface area contributed by atoms with Crippen LogP contribution < -0.4 is 10.6 Å². The van der Waals surface area contributed by atoms with Gasteiger partial charge in [-0.05, 0) is 38.1 Å². The average molecular weight is 322 g/mol. The number of carbonyl (C=O) groups is 2. The molecule has 3 fully saturated rings. The number of urea groups is 1. The minimum atomic E-state index is 0.0517. The number of carbonyl (C=O) groups excluding carboxylic acids is 2. The van der Waals surface area contributed by atoms with Crippen LogP contribution in [0.3, 0.4) is 0 Å². The Morgan fingerprint density at radius 3 is 2.17 bits per heavy atom. The van der Waals surface area contributed by atoms with E-state index in [4.69, 9.17) is 0 Å². The molecule has 2 N–H and O–H groups in total. The highest BCUT2D eigenvalue weighted by Gasteiger charge is 2.26. The maximum absolute atomic E-state index is 12.3. The van der Waals surface area contributed by atoms with Crippen LogP contribution in [0.5, 0.6) is 0 Å². The van der Waals surface area contributed by atoms with Crippen molar-refractivity contribution >= 4 is 11.9 Å². The van der Waals surface area contributed by atoms with E-state index in [1.54, 1.807) is 0 Å². The quantitative estimate of drug-likeness (QED) is 0.799.